The second kappa shape index (κ2) is 11.5. The Kier molecular flexibility index (Phi) is 7.57. The summed E-state index contributed by atoms with van der Waals surface area (Å²) in [5, 5.41) is 14.1. The lowest BCUT2D eigenvalue weighted by Crippen LogP contribution is -2.32. The quantitative estimate of drug-likeness (QED) is 0.200. The van der Waals surface area contributed by atoms with Crippen LogP contribution in [-0.2, 0) is 18.3 Å². The van der Waals surface area contributed by atoms with Gasteiger partial charge < -0.3 is 25.6 Å². The molecular weight excluding hydrogens is 612 g/mol. The van der Waals surface area contributed by atoms with E-state index in [9.17, 15) is 4.79 Å². The van der Waals surface area contributed by atoms with Crippen molar-refractivity contribution in [2.45, 2.75) is 33.2 Å². The summed E-state index contributed by atoms with van der Waals surface area (Å²) in [6.07, 6.45) is 7.66. The van der Waals surface area contributed by atoms with E-state index in [-0.39, 0.29) is 5.91 Å². The SMILES string of the molecule is COc1cc2c(cc1Nc1ncc(Br)c(Nc3ccc4nccnc4c3NC(C)=O)n1)-c1cnn(C)c1CCN2C(C)C. The molecule has 0 aliphatic carbocycles. The molecule has 3 aromatic heterocycles. The Balaban J connectivity index is 1.39. The van der Waals surface area contributed by atoms with Gasteiger partial charge in [-0.3, -0.25) is 19.4 Å². The van der Waals surface area contributed by atoms with Gasteiger partial charge in [0.2, 0.25) is 11.9 Å². The number of halogens is 1. The van der Waals surface area contributed by atoms with Gasteiger partial charge in [-0.15, -0.1) is 0 Å². The Morgan fingerprint density at radius 2 is 1.86 bits per heavy atom. The van der Waals surface area contributed by atoms with Gasteiger partial charge in [0.15, 0.2) is 0 Å². The second-order valence-corrected chi connectivity index (χ2v) is 11.3. The molecule has 0 bridgehead atoms. The van der Waals surface area contributed by atoms with Gasteiger partial charge in [-0.1, -0.05) is 0 Å². The van der Waals surface area contributed by atoms with Crippen molar-refractivity contribution >= 4 is 67.4 Å². The molecule has 0 saturated carbocycles. The Bertz CT molecular complexity index is 1860. The van der Waals surface area contributed by atoms with Crippen molar-refractivity contribution in [3.8, 4) is 16.9 Å². The molecule has 5 aromatic rings. The second-order valence-electron chi connectivity index (χ2n) is 10.5. The molecule has 4 heterocycles. The van der Waals surface area contributed by atoms with Gasteiger partial charge in [-0.25, -0.2) is 4.98 Å². The average molecular weight is 644 g/mol. The number of aromatic nitrogens is 6. The fraction of sp³-hybridized carbons (Fsp3) is 0.267. The zero-order chi connectivity index (χ0) is 30.2. The maximum atomic E-state index is 12.1. The van der Waals surface area contributed by atoms with Gasteiger partial charge in [-0.05, 0) is 48.0 Å². The molecular formula is C30H31BrN10O2. The van der Waals surface area contributed by atoms with E-state index in [1.807, 2.05) is 30.1 Å². The molecule has 0 unspecified atom stereocenters. The number of nitrogens with one attached hydrogen (secondary N) is 3. The minimum atomic E-state index is -0.228. The molecule has 0 atom stereocenters. The summed E-state index contributed by atoms with van der Waals surface area (Å²) in [6, 6.07) is 8.10. The number of hydrogen-bond acceptors (Lipinski definition) is 10. The number of carbonyl (C=O) groups is 1. The van der Waals surface area contributed by atoms with Crippen molar-refractivity contribution in [2.75, 3.05) is 34.5 Å². The van der Waals surface area contributed by atoms with E-state index >= 15 is 0 Å². The van der Waals surface area contributed by atoms with Crippen LogP contribution in [0.4, 0.5) is 34.5 Å². The van der Waals surface area contributed by atoms with E-state index in [2.05, 4.69) is 82.8 Å². The van der Waals surface area contributed by atoms with E-state index in [4.69, 9.17) is 9.72 Å². The minimum Gasteiger partial charge on any atom is -0.494 e. The van der Waals surface area contributed by atoms with E-state index in [0.717, 1.165) is 35.5 Å². The van der Waals surface area contributed by atoms with Crippen molar-refractivity contribution < 1.29 is 9.53 Å². The van der Waals surface area contributed by atoms with Gasteiger partial charge in [0.05, 0.1) is 40.4 Å². The van der Waals surface area contributed by atoms with Crippen LogP contribution in [0.15, 0.2) is 53.5 Å². The monoisotopic (exact) mass is 642 g/mol. The molecule has 2 aromatic carbocycles. The molecule has 0 spiro atoms. The molecule has 1 aliphatic rings. The predicted molar refractivity (Wildman–Crippen MR) is 172 cm³/mol. The Morgan fingerprint density at radius 1 is 1.05 bits per heavy atom. The van der Waals surface area contributed by atoms with Crippen LogP contribution in [0, 0.1) is 0 Å². The number of fused-ring (bicyclic) bond motifs is 4. The zero-order valence-electron chi connectivity index (χ0n) is 24.4. The number of anilines is 6. The maximum Gasteiger partial charge on any atom is 0.229 e. The summed E-state index contributed by atoms with van der Waals surface area (Å²) >= 11 is 3.56. The van der Waals surface area contributed by atoms with Crippen molar-refractivity contribution in [3.05, 3.63) is 59.2 Å². The summed E-state index contributed by atoms with van der Waals surface area (Å²) in [5.74, 6) is 1.28. The number of benzene rings is 2. The third-order valence-electron chi connectivity index (χ3n) is 7.38. The number of hydrogen-bond donors (Lipinski definition) is 3. The van der Waals surface area contributed by atoms with E-state index in [1.54, 1.807) is 25.7 Å². The van der Waals surface area contributed by atoms with Gasteiger partial charge in [0.1, 0.15) is 17.1 Å². The van der Waals surface area contributed by atoms with Gasteiger partial charge in [0, 0.05) is 80.1 Å². The van der Waals surface area contributed by atoms with Crippen LogP contribution >= 0.6 is 15.9 Å². The predicted octanol–water partition coefficient (Wildman–Crippen LogP) is 5.81. The lowest BCUT2D eigenvalue weighted by molar-refractivity contribution is -0.114. The Labute approximate surface area is 257 Å². The van der Waals surface area contributed by atoms with E-state index in [0.29, 0.717) is 50.4 Å². The summed E-state index contributed by atoms with van der Waals surface area (Å²) in [5.41, 5.74) is 7.47. The zero-order valence-corrected chi connectivity index (χ0v) is 26.0. The molecule has 43 heavy (non-hydrogen) atoms. The fourth-order valence-corrected chi connectivity index (χ4v) is 5.65. The molecule has 3 N–H and O–H groups in total. The first-order valence-corrected chi connectivity index (χ1v) is 14.6. The van der Waals surface area contributed by atoms with Crippen LogP contribution in [0.2, 0.25) is 0 Å². The summed E-state index contributed by atoms with van der Waals surface area (Å²) < 4.78 is 8.43. The molecule has 0 radical (unpaired) electrons. The maximum absolute atomic E-state index is 12.1. The average Bonchev–Trinajstić information content (AvgIpc) is 3.26. The standard InChI is InChI=1S/C30H31BrN10O2/c1-16(2)41-11-8-24-19(14-35-40(24)4)18-12-23(26(43-5)13-25(18)41)38-30-34-15-20(31)29(39-30)37-22-7-6-21-27(33-10-9-32-21)28(22)36-17(3)42/h6-7,9-10,12-16H,8,11H2,1-5H3,(H,36,42)(H2,34,37,38,39). The Hall–Kier alpha value is -4.78. The van der Waals surface area contributed by atoms with Crippen molar-refractivity contribution in [1.82, 2.24) is 29.7 Å². The molecule has 0 saturated heterocycles. The lowest BCUT2D eigenvalue weighted by Gasteiger charge is -2.30. The van der Waals surface area contributed by atoms with Crippen molar-refractivity contribution in [1.29, 1.82) is 0 Å². The summed E-state index contributed by atoms with van der Waals surface area (Å²) in [7, 11) is 3.64. The normalized spacial score (nSPS) is 12.5. The number of ether oxygens (including phenoxy) is 1. The highest BCUT2D eigenvalue weighted by Gasteiger charge is 2.26. The minimum absolute atomic E-state index is 0.228. The first kappa shape index (κ1) is 28.3. The molecule has 6 rings (SSSR count). The molecule has 1 aliphatic heterocycles. The van der Waals surface area contributed by atoms with Crippen molar-refractivity contribution in [3.63, 3.8) is 0 Å². The lowest BCUT2D eigenvalue weighted by atomic mass is 10.0. The highest BCUT2D eigenvalue weighted by molar-refractivity contribution is 9.10. The Morgan fingerprint density at radius 3 is 2.63 bits per heavy atom. The first-order valence-electron chi connectivity index (χ1n) is 13.8. The molecule has 12 nitrogen and oxygen atoms in total. The first-order chi connectivity index (χ1) is 20.7. The third-order valence-corrected chi connectivity index (χ3v) is 7.96. The summed E-state index contributed by atoms with van der Waals surface area (Å²) in [6.45, 7) is 6.71. The number of nitrogens with zero attached hydrogens (tertiary/aromatic N) is 7. The van der Waals surface area contributed by atoms with E-state index in [1.165, 1.54) is 12.6 Å². The van der Waals surface area contributed by atoms with Gasteiger partial charge >= 0.3 is 0 Å². The largest absolute Gasteiger partial charge is 0.494 e. The molecule has 13 heteroatoms. The molecule has 0 fully saturated rings. The molecule has 1 amide bonds. The van der Waals surface area contributed by atoms with Crippen LogP contribution < -0.4 is 25.6 Å². The topological polar surface area (TPSA) is 135 Å². The van der Waals surface area contributed by atoms with E-state index < -0.39 is 0 Å². The fourth-order valence-electron chi connectivity index (χ4n) is 5.36. The van der Waals surface area contributed by atoms with Crippen LogP contribution in [0.5, 0.6) is 5.75 Å². The number of amides is 1. The third kappa shape index (κ3) is 5.43. The highest BCUT2D eigenvalue weighted by Crippen LogP contribution is 2.44. The van der Waals surface area contributed by atoms with Crippen LogP contribution in [0.1, 0.15) is 26.5 Å². The van der Waals surface area contributed by atoms with Gasteiger partial charge in [-0.2, -0.15) is 10.1 Å². The summed E-state index contributed by atoms with van der Waals surface area (Å²) in [4.78, 5) is 32.5. The van der Waals surface area contributed by atoms with Gasteiger partial charge in [0.25, 0.3) is 0 Å². The molecule has 220 valence electrons. The number of aryl methyl sites for hydroxylation is 1. The number of rotatable bonds is 7. The smallest absolute Gasteiger partial charge is 0.229 e. The van der Waals surface area contributed by atoms with Crippen LogP contribution in [0.25, 0.3) is 22.2 Å². The van der Waals surface area contributed by atoms with Crippen LogP contribution in [-0.4, -0.2) is 55.3 Å². The number of carbonyl (C=O) groups excluding carboxylic acids is 1. The van der Waals surface area contributed by atoms with Crippen molar-refractivity contribution in [2.24, 2.45) is 7.05 Å². The van der Waals surface area contributed by atoms with Crippen LogP contribution in [0.3, 0.4) is 0 Å². The number of methoxy groups -OCH3 is 1. The highest BCUT2D eigenvalue weighted by atomic mass is 79.9.